The molecule has 0 saturated carbocycles. The topological polar surface area (TPSA) is 60.3 Å². The van der Waals surface area contributed by atoms with E-state index in [1.165, 1.54) is 4.57 Å². The van der Waals surface area contributed by atoms with E-state index in [1.807, 2.05) is 31.2 Å². The van der Waals surface area contributed by atoms with Gasteiger partial charge in [0.2, 0.25) is 5.91 Å². The Kier molecular flexibility index (Phi) is 4.61. The number of benzene rings is 2. The molecule has 0 aliphatic heterocycles. The van der Waals surface area contributed by atoms with E-state index in [0.29, 0.717) is 17.7 Å². The molecule has 0 aliphatic rings. The van der Waals surface area contributed by atoms with Crippen LogP contribution in [0.1, 0.15) is 6.92 Å². The van der Waals surface area contributed by atoms with Crippen LogP contribution in [0, 0.1) is 0 Å². The van der Waals surface area contributed by atoms with Crippen LogP contribution in [0.15, 0.2) is 65.6 Å². The number of aromatic nitrogens is 1. The number of ether oxygens (including phenoxy) is 1. The molecule has 0 bridgehead atoms. The molecule has 0 unspecified atom stereocenters. The normalized spacial score (nSPS) is 10.5. The first-order chi connectivity index (χ1) is 11.7. The van der Waals surface area contributed by atoms with Gasteiger partial charge in [-0.3, -0.25) is 9.59 Å². The predicted octanol–water partition coefficient (Wildman–Crippen LogP) is 3.04. The minimum Gasteiger partial charge on any atom is -0.494 e. The summed E-state index contributed by atoms with van der Waals surface area (Å²) in [4.78, 5) is 24.6. The zero-order chi connectivity index (χ0) is 16.9. The van der Waals surface area contributed by atoms with E-state index in [1.54, 1.807) is 36.5 Å². The number of nitrogens with one attached hydrogen (secondary N) is 1. The van der Waals surface area contributed by atoms with Crippen LogP contribution in [0.25, 0.3) is 10.8 Å². The quantitative estimate of drug-likeness (QED) is 0.785. The van der Waals surface area contributed by atoms with Crippen LogP contribution in [0.5, 0.6) is 5.75 Å². The van der Waals surface area contributed by atoms with Crippen LogP contribution in [0.4, 0.5) is 5.69 Å². The summed E-state index contributed by atoms with van der Waals surface area (Å²) in [6, 6.07) is 16.3. The fourth-order valence-corrected chi connectivity index (χ4v) is 2.51. The minimum absolute atomic E-state index is 0.0309. The molecule has 0 saturated heterocycles. The predicted molar refractivity (Wildman–Crippen MR) is 94.4 cm³/mol. The van der Waals surface area contributed by atoms with Crippen LogP contribution in [0.3, 0.4) is 0 Å². The van der Waals surface area contributed by atoms with Gasteiger partial charge < -0.3 is 14.6 Å². The third kappa shape index (κ3) is 3.46. The molecule has 5 heteroatoms. The molecule has 3 aromatic rings. The van der Waals surface area contributed by atoms with Gasteiger partial charge in [-0.15, -0.1) is 0 Å². The van der Waals surface area contributed by atoms with Gasteiger partial charge in [-0.2, -0.15) is 0 Å². The number of carbonyl (C=O) groups excluding carboxylic acids is 1. The Labute approximate surface area is 139 Å². The number of rotatable bonds is 5. The Bertz CT molecular complexity index is 914. The number of amides is 1. The molecule has 0 spiro atoms. The van der Waals surface area contributed by atoms with Gasteiger partial charge in [0.25, 0.3) is 5.56 Å². The maximum absolute atomic E-state index is 12.4. The SMILES string of the molecule is CCOc1ccc(NC(=O)Cn2ccc3ccccc3c2=O)cc1. The van der Waals surface area contributed by atoms with Gasteiger partial charge in [0, 0.05) is 17.3 Å². The fourth-order valence-electron chi connectivity index (χ4n) is 2.51. The lowest BCUT2D eigenvalue weighted by Crippen LogP contribution is -2.27. The molecular formula is C19H18N2O3. The van der Waals surface area contributed by atoms with Crippen LogP contribution in [-0.2, 0) is 11.3 Å². The molecule has 1 N–H and O–H groups in total. The lowest BCUT2D eigenvalue weighted by Gasteiger charge is -2.09. The van der Waals surface area contributed by atoms with Gasteiger partial charge in [-0.05, 0) is 48.7 Å². The first-order valence-corrected chi connectivity index (χ1v) is 7.78. The average Bonchev–Trinajstić information content (AvgIpc) is 2.60. The van der Waals surface area contributed by atoms with Crippen molar-refractivity contribution in [3.8, 4) is 5.75 Å². The summed E-state index contributed by atoms with van der Waals surface area (Å²) in [6.07, 6.45) is 1.64. The number of nitrogens with zero attached hydrogens (tertiary/aromatic N) is 1. The Morgan fingerprint density at radius 1 is 1.08 bits per heavy atom. The van der Waals surface area contributed by atoms with E-state index in [9.17, 15) is 9.59 Å². The lowest BCUT2D eigenvalue weighted by atomic mass is 10.2. The molecule has 2 aromatic carbocycles. The van der Waals surface area contributed by atoms with Crippen molar-refractivity contribution in [2.45, 2.75) is 13.5 Å². The van der Waals surface area contributed by atoms with E-state index < -0.39 is 0 Å². The first-order valence-electron chi connectivity index (χ1n) is 7.78. The molecule has 122 valence electrons. The molecule has 5 nitrogen and oxygen atoms in total. The average molecular weight is 322 g/mol. The van der Waals surface area contributed by atoms with Gasteiger partial charge >= 0.3 is 0 Å². The molecule has 1 amide bonds. The molecule has 3 rings (SSSR count). The third-order valence-corrected chi connectivity index (χ3v) is 3.65. The molecule has 24 heavy (non-hydrogen) atoms. The Morgan fingerprint density at radius 3 is 2.58 bits per heavy atom. The standard InChI is InChI=1S/C19H18N2O3/c1-2-24-16-9-7-15(8-10-16)20-18(22)13-21-12-11-14-5-3-4-6-17(14)19(21)23/h3-12H,2,13H2,1H3,(H,20,22). The van der Waals surface area contributed by atoms with Crippen LogP contribution in [-0.4, -0.2) is 17.1 Å². The van der Waals surface area contributed by atoms with E-state index >= 15 is 0 Å². The second-order valence-corrected chi connectivity index (χ2v) is 5.34. The van der Waals surface area contributed by atoms with E-state index in [0.717, 1.165) is 11.1 Å². The highest BCUT2D eigenvalue weighted by Crippen LogP contribution is 2.15. The fraction of sp³-hybridized carbons (Fsp3) is 0.158. The number of anilines is 1. The summed E-state index contributed by atoms with van der Waals surface area (Å²) in [5.74, 6) is 0.498. The number of hydrogen-bond donors (Lipinski definition) is 1. The van der Waals surface area contributed by atoms with Crippen molar-refractivity contribution in [2.24, 2.45) is 0 Å². The van der Waals surface area contributed by atoms with Gasteiger partial charge in [-0.25, -0.2) is 0 Å². The summed E-state index contributed by atoms with van der Waals surface area (Å²) in [6.45, 7) is 2.48. The Hall–Kier alpha value is -3.08. The maximum atomic E-state index is 12.4. The second-order valence-electron chi connectivity index (χ2n) is 5.34. The van der Waals surface area contributed by atoms with Crippen molar-refractivity contribution in [1.29, 1.82) is 0 Å². The molecule has 1 aromatic heterocycles. The summed E-state index contributed by atoms with van der Waals surface area (Å²) >= 11 is 0. The highest BCUT2D eigenvalue weighted by molar-refractivity contribution is 5.91. The molecule has 0 aliphatic carbocycles. The zero-order valence-corrected chi connectivity index (χ0v) is 13.4. The third-order valence-electron chi connectivity index (χ3n) is 3.65. The summed E-state index contributed by atoms with van der Waals surface area (Å²) in [5.41, 5.74) is 0.493. The minimum atomic E-state index is -0.253. The van der Waals surface area contributed by atoms with Gasteiger partial charge in [0.05, 0.1) is 6.61 Å². The van der Waals surface area contributed by atoms with Gasteiger partial charge in [-0.1, -0.05) is 18.2 Å². The summed E-state index contributed by atoms with van der Waals surface area (Å²) in [7, 11) is 0. The largest absolute Gasteiger partial charge is 0.494 e. The summed E-state index contributed by atoms with van der Waals surface area (Å²) in [5, 5.41) is 4.25. The molecule has 0 atom stereocenters. The maximum Gasteiger partial charge on any atom is 0.258 e. The Balaban J connectivity index is 1.73. The molecular weight excluding hydrogens is 304 g/mol. The van der Waals surface area contributed by atoms with Crippen molar-refractivity contribution in [3.05, 3.63) is 71.1 Å². The highest BCUT2D eigenvalue weighted by Gasteiger charge is 2.07. The Morgan fingerprint density at radius 2 is 1.83 bits per heavy atom. The second kappa shape index (κ2) is 7.00. The van der Waals surface area contributed by atoms with E-state index in [4.69, 9.17) is 4.74 Å². The molecule has 1 heterocycles. The van der Waals surface area contributed by atoms with Crippen molar-refractivity contribution in [1.82, 2.24) is 4.57 Å². The summed E-state index contributed by atoms with van der Waals surface area (Å²) < 4.78 is 6.77. The van der Waals surface area contributed by atoms with Crippen molar-refractivity contribution in [3.63, 3.8) is 0 Å². The van der Waals surface area contributed by atoms with Crippen LogP contribution in [0.2, 0.25) is 0 Å². The highest BCUT2D eigenvalue weighted by atomic mass is 16.5. The zero-order valence-electron chi connectivity index (χ0n) is 13.4. The van der Waals surface area contributed by atoms with Gasteiger partial charge in [0.1, 0.15) is 12.3 Å². The number of fused-ring (bicyclic) bond motifs is 1. The molecule has 0 fully saturated rings. The lowest BCUT2D eigenvalue weighted by molar-refractivity contribution is -0.116. The van der Waals surface area contributed by atoms with Crippen molar-refractivity contribution >= 4 is 22.4 Å². The number of carbonyl (C=O) groups is 1. The first kappa shape index (κ1) is 15.8. The number of hydrogen-bond acceptors (Lipinski definition) is 3. The van der Waals surface area contributed by atoms with Crippen molar-refractivity contribution < 1.29 is 9.53 Å². The van der Waals surface area contributed by atoms with Crippen LogP contribution >= 0.6 is 0 Å². The van der Waals surface area contributed by atoms with Crippen molar-refractivity contribution in [2.75, 3.05) is 11.9 Å². The molecule has 0 radical (unpaired) electrons. The number of pyridine rings is 1. The van der Waals surface area contributed by atoms with Gasteiger partial charge in [0.15, 0.2) is 0 Å². The van der Waals surface area contributed by atoms with E-state index in [-0.39, 0.29) is 18.0 Å². The monoisotopic (exact) mass is 322 g/mol. The smallest absolute Gasteiger partial charge is 0.258 e. The van der Waals surface area contributed by atoms with Crippen LogP contribution < -0.4 is 15.6 Å². The van der Waals surface area contributed by atoms with E-state index in [2.05, 4.69) is 5.32 Å².